The van der Waals surface area contributed by atoms with Gasteiger partial charge in [-0.15, -0.1) is 0 Å². The van der Waals surface area contributed by atoms with Crippen molar-refractivity contribution in [3.05, 3.63) is 71.8 Å². The molecule has 2 aromatic carbocycles. The minimum atomic E-state index is -1.38. The van der Waals surface area contributed by atoms with E-state index in [1.165, 1.54) is 0 Å². The fourth-order valence-electron chi connectivity index (χ4n) is 5.09. The van der Waals surface area contributed by atoms with Crippen molar-refractivity contribution < 1.29 is 24.1 Å². The van der Waals surface area contributed by atoms with E-state index < -0.39 is 5.60 Å². The van der Waals surface area contributed by atoms with E-state index in [-0.39, 0.29) is 38.5 Å². The number of rotatable bonds is 10. The normalized spacial score (nSPS) is 23.2. The van der Waals surface area contributed by atoms with Crippen molar-refractivity contribution in [2.45, 2.75) is 49.5 Å². The number of aliphatic hydroxyl groups excluding tert-OH is 1. The molecule has 2 bridgehead atoms. The van der Waals surface area contributed by atoms with E-state index in [0.29, 0.717) is 12.1 Å². The van der Waals surface area contributed by atoms with Crippen molar-refractivity contribution in [1.82, 2.24) is 4.90 Å². The summed E-state index contributed by atoms with van der Waals surface area (Å²) in [5, 5.41) is 8.98. The van der Waals surface area contributed by atoms with Crippen LogP contribution in [-0.4, -0.2) is 67.6 Å². The van der Waals surface area contributed by atoms with Crippen molar-refractivity contribution in [3.8, 4) is 0 Å². The molecule has 2 aromatic rings. The van der Waals surface area contributed by atoms with Gasteiger partial charge in [-0.2, -0.15) is 0 Å². The van der Waals surface area contributed by atoms with Crippen LogP contribution in [0.3, 0.4) is 0 Å². The summed E-state index contributed by atoms with van der Waals surface area (Å²) in [4.78, 5) is 16.4. The smallest absolute Gasteiger partial charge is 0.348 e. The Bertz CT molecular complexity index is 806. The second-order valence-electron chi connectivity index (χ2n) is 8.65. The Morgan fingerprint density at radius 1 is 0.938 bits per heavy atom. The first-order valence-corrected chi connectivity index (χ1v) is 11.5. The Morgan fingerprint density at radius 3 is 2.03 bits per heavy atom. The second-order valence-corrected chi connectivity index (χ2v) is 8.65. The van der Waals surface area contributed by atoms with Crippen LogP contribution in [-0.2, 0) is 24.6 Å². The number of piperidine rings is 1. The number of esters is 1. The SMILES string of the molecule is CN1C2CCC1CC(OC(=O)C(OCCOCCO)(c1ccccc1)c1ccccc1)C2. The third-order valence-electron chi connectivity index (χ3n) is 6.76. The van der Waals surface area contributed by atoms with E-state index in [2.05, 4.69) is 11.9 Å². The number of carbonyl (C=O) groups excluding carboxylic acids is 1. The van der Waals surface area contributed by atoms with Crippen LogP contribution in [0.5, 0.6) is 0 Å². The highest BCUT2D eigenvalue weighted by atomic mass is 16.6. The Balaban J connectivity index is 1.63. The summed E-state index contributed by atoms with van der Waals surface area (Å²) in [7, 11) is 2.17. The third kappa shape index (κ3) is 4.74. The van der Waals surface area contributed by atoms with Gasteiger partial charge in [-0.05, 0) is 43.9 Å². The Kier molecular flexibility index (Phi) is 7.58. The summed E-state index contributed by atoms with van der Waals surface area (Å²) in [5.41, 5.74) is 0.0801. The van der Waals surface area contributed by atoms with Crippen molar-refractivity contribution in [3.63, 3.8) is 0 Å². The molecule has 0 aliphatic carbocycles. The first-order valence-electron chi connectivity index (χ1n) is 11.5. The summed E-state index contributed by atoms with van der Waals surface area (Å²) < 4.78 is 17.9. The van der Waals surface area contributed by atoms with Crippen molar-refractivity contribution in [1.29, 1.82) is 0 Å². The standard InChI is InChI=1S/C26H33NO5/c1-27-22-12-13-23(27)19-24(18-22)32-25(29)26(20-8-4-2-5-9-20,21-10-6-3-7-11-21)31-17-16-30-15-14-28/h2-11,22-24,28H,12-19H2,1H3. The number of carbonyl (C=O) groups is 1. The molecule has 172 valence electrons. The first-order chi connectivity index (χ1) is 15.6. The number of benzene rings is 2. The van der Waals surface area contributed by atoms with Gasteiger partial charge in [0.1, 0.15) is 6.10 Å². The van der Waals surface area contributed by atoms with E-state index in [0.717, 1.165) is 36.8 Å². The summed E-state index contributed by atoms with van der Waals surface area (Å²) >= 11 is 0. The molecular formula is C26H33NO5. The fraction of sp³-hybridized carbons (Fsp3) is 0.500. The van der Waals surface area contributed by atoms with Gasteiger partial charge in [-0.3, -0.25) is 0 Å². The lowest BCUT2D eigenvalue weighted by Crippen LogP contribution is -2.47. The number of hydrogen-bond donors (Lipinski definition) is 1. The molecule has 4 rings (SSSR count). The number of nitrogens with zero attached hydrogens (tertiary/aromatic N) is 1. The predicted molar refractivity (Wildman–Crippen MR) is 121 cm³/mol. The molecule has 0 amide bonds. The summed E-state index contributed by atoms with van der Waals surface area (Å²) in [6, 6.07) is 20.0. The summed E-state index contributed by atoms with van der Waals surface area (Å²) in [6.07, 6.45) is 3.93. The lowest BCUT2D eigenvalue weighted by Gasteiger charge is -2.38. The molecule has 1 N–H and O–H groups in total. The molecule has 0 aromatic heterocycles. The van der Waals surface area contributed by atoms with Gasteiger partial charge in [0.15, 0.2) is 0 Å². The molecule has 2 aliphatic rings. The maximum absolute atomic E-state index is 13.9. The van der Waals surface area contributed by atoms with Crippen LogP contribution in [0.25, 0.3) is 0 Å². The van der Waals surface area contributed by atoms with E-state index in [1.54, 1.807) is 0 Å². The van der Waals surface area contributed by atoms with Crippen LogP contribution < -0.4 is 0 Å². The first kappa shape index (κ1) is 22.9. The van der Waals surface area contributed by atoms with Crippen LogP contribution in [0.2, 0.25) is 0 Å². The largest absolute Gasteiger partial charge is 0.460 e. The zero-order valence-corrected chi connectivity index (χ0v) is 18.7. The van der Waals surface area contributed by atoms with Gasteiger partial charge < -0.3 is 24.2 Å². The molecule has 2 atom stereocenters. The summed E-state index contributed by atoms with van der Waals surface area (Å²) in [6.45, 7) is 0.643. The second kappa shape index (κ2) is 10.6. The number of aliphatic hydroxyl groups is 1. The molecule has 2 unspecified atom stereocenters. The fourth-order valence-corrected chi connectivity index (χ4v) is 5.09. The molecule has 2 saturated heterocycles. The predicted octanol–water partition coefficient (Wildman–Crippen LogP) is 3.12. The lowest BCUT2D eigenvalue weighted by atomic mass is 9.85. The average molecular weight is 440 g/mol. The van der Waals surface area contributed by atoms with Gasteiger partial charge in [-0.1, -0.05) is 60.7 Å². The van der Waals surface area contributed by atoms with E-state index in [9.17, 15) is 4.79 Å². The number of ether oxygens (including phenoxy) is 3. The third-order valence-corrected chi connectivity index (χ3v) is 6.76. The van der Waals surface area contributed by atoms with Crippen molar-refractivity contribution >= 4 is 5.97 Å². The quantitative estimate of drug-likeness (QED) is 0.453. The van der Waals surface area contributed by atoms with Gasteiger partial charge in [0, 0.05) is 12.1 Å². The highest BCUT2D eigenvalue weighted by molar-refractivity contribution is 5.86. The number of hydrogen-bond acceptors (Lipinski definition) is 6. The minimum Gasteiger partial charge on any atom is -0.460 e. The molecule has 0 radical (unpaired) electrons. The lowest BCUT2D eigenvalue weighted by molar-refractivity contribution is -0.179. The minimum absolute atomic E-state index is 0.0526. The van der Waals surface area contributed by atoms with Gasteiger partial charge in [0.2, 0.25) is 5.60 Å². The molecule has 2 aliphatic heterocycles. The van der Waals surface area contributed by atoms with E-state index in [1.807, 2.05) is 60.7 Å². The van der Waals surface area contributed by atoms with Gasteiger partial charge in [-0.25, -0.2) is 4.79 Å². The summed E-state index contributed by atoms with van der Waals surface area (Å²) in [5.74, 6) is -0.383. The van der Waals surface area contributed by atoms with Crippen molar-refractivity contribution in [2.24, 2.45) is 0 Å². The van der Waals surface area contributed by atoms with E-state index in [4.69, 9.17) is 19.3 Å². The van der Waals surface area contributed by atoms with Crippen LogP contribution in [0, 0.1) is 0 Å². The zero-order valence-electron chi connectivity index (χ0n) is 18.7. The molecule has 0 spiro atoms. The van der Waals surface area contributed by atoms with Gasteiger partial charge >= 0.3 is 5.97 Å². The molecule has 6 heteroatoms. The highest BCUT2D eigenvalue weighted by Crippen LogP contribution is 2.39. The Labute approximate surface area is 190 Å². The average Bonchev–Trinajstić information content (AvgIpc) is 3.03. The molecule has 0 saturated carbocycles. The van der Waals surface area contributed by atoms with E-state index >= 15 is 0 Å². The Morgan fingerprint density at radius 2 is 1.50 bits per heavy atom. The maximum atomic E-state index is 13.9. The molecule has 6 nitrogen and oxygen atoms in total. The van der Waals surface area contributed by atoms with Crippen molar-refractivity contribution in [2.75, 3.05) is 33.5 Å². The molecular weight excluding hydrogens is 406 g/mol. The molecule has 2 heterocycles. The Hall–Kier alpha value is -2.25. The molecule has 2 fully saturated rings. The topological polar surface area (TPSA) is 68.2 Å². The molecule has 32 heavy (non-hydrogen) atoms. The van der Waals surface area contributed by atoms with Crippen LogP contribution >= 0.6 is 0 Å². The van der Waals surface area contributed by atoms with Gasteiger partial charge in [0.05, 0.1) is 26.4 Å². The van der Waals surface area contributed by atoms with Gasteiger partial charge in [0.25, 0.3) is 0 Å². The monoisotopic (exact) mass is 439 g/mol. The zero-order chi connectivity index (χ0) is 22.4. The number of fused-ring (bicyclic) bond motifs is 2. The highest BCUT2D eigenvalue weighted by Gasteiger charge is 2.48. The van der Waals surface area contributed by atoms with Crippen LogP contribution in [0.1, 0.15) is 36.8 Å². The van der Waals surface area contributed by atoms with Crippen LogP contribution in [0.4, 0.5) is 0 Å². The van der Waals surface area contributed by atoms with Crippen LogP contribution in [0.15, 0.2) is 60.7 Å². The maximum Gasteiger partial charge on any atom is 0.348 e.